The molecule has 1 fully saturated rings. The Morgan fingerprint density at radius 2 is 2.00 bits per heavy atom. The van der Waals surface area contributed by atoms with Crippen molar-refractivity contribution in [1.82, 2.24) is 10.2 Å². The molecule has 106 valence electrons. The predicted molar refractivity (Wildman–Crippen MR) is 60.3 cm³/mol. The van der Waals surface area contributed by atoms with Crippen LogP contribution in [0.1, 0.15) is 30.5 Å². The van der Waals surface area contributed by atoms with E-state index in [2.05, 4.69) is 10.2 Å². The number of nitrogens with two attached hydrogens (primary N) is 1. The van der Waals surface area contributed by atoms with Crippen LogP contribution in [0, 0.1) is 0 Å². The molecule has 0 bridgehead atoms. The van der Waals surface area contributed by atoms with E-state index in [-0.39, 0.29) is 5.92 Å². The Bertz CT molecular complexity index is 415. The number of nitrogens with zero attached hydrogens (tertiary/aromatic N) is 2. The number of aliphatic carboxylic acids is 2. The number of carboxylic acid groups (broad SMARTS) is 2. The lowest BCUT2D eigenvalue weighted by molar-refractivity contribution is -0.159. The molecular formula is C10H15N3O6. The molecule has 1 aliphatic rings. The first kappa shape index (κ1) is 15.1. The van der Waals surface area contributed by atoms with Gasteiger partial charge in [-0.1, -0.05) is 0 Å². The Kier molecular flexibility index (Phi) is 5.90. The molecule has 0 saturated carbocycles. The fourth-order valence-electron chi connectivity index (χ4n) is 1.45. The Morgan fingerprint density at radius 3 is 2.42 bits per heavy atom. The van der Waals surface area contributed by atoms with Gasteiger partial charge in [0.2, 0.25) is 11.8 Å². The maximum Gasteiger partial charge on any atom is 0.414 e. The van der Waals surface area contributed by atoms with Crippen molar-refractivity contribution in [2.45, 2.75) is 25.3 Å². The molecule has 19 heavy (non-hydrogen) atoms. The summed E-state index contributed by atoms with van der Waals surface area (Å²) in [5.74, 6) is -2.22. The third-order valence-electron chi connectivity index (χ3n) is 2.35. The van der Waals surface area contributed by atoms with E-state index in [0.29, 0.717) is 24.9 Å². The van der Waals surface area contributed by atoms with E-state index in [1.807, 2.05) is 0 Å². The highest BCUT2D eigenvalue weighted by molar-refractivity contribution is 6.27. The maximum atomic E-state index is 9.10. The van der Waals surface area contributed by atoms with Gasteiger partial charge in [-0.15, -0.1) is 10.2 Å². The second-order valence-electron chi connectivity index (χ2n) is 3.76. The Hall–Kier alpha value is -2.00. The van der Waals surface area contributed by atoms with Crippen LogP contribution in [0.5, 0.6) is 0 Å². The number of hydrogen-bond donors (Lipinski definition) is 3. The molecule has 0 spiro atoms. The summed E-state index contributed by atoms with van der Waals surface area (Å²) >= 11 is 0. The number of ether oxygens (including phenoxy) is 1. The molecule has 1 saturated heterocycles. The van der Waals surface area contributed by atoms with E-state index in [0.717, 1.165) is 19.4 Å². The normalized spacial score (nSPS) is 18.3. The summed E-state index contributed by atoms with van der Waals surface area (Å²) in [7, 11) is 0. The molecule has 1 aliphatic heterocycles. The zero-order valence-corrected chi connectivity index (χ0v) is 10.1. The molecule has 0 amide bonds. The number of carboxylic acids is 2. The van der Waals surface area contributed by atoms with Crippen molar-refractivity contribution in [3.63, 3.8) is 0 Å². The third kappa shape index (κ3) is 5.02. The molecular weight excluding hydrogens is 258 g/mol. The van der Waals surface area contributed by atoms with E-state index in [9.17, 15) is 0 Å². The van der Waals surface area contributed by atoms with Gasteiger partial charge in [0.15, 0.2) is 0 Å². The maximum absolute atomic E-state index is 9.10. The van der Waals surface area contributed by atoms with Crippen LogP contribution in [0.25, 0.3) is 0 Å². The molecule has 0 radical (unpaired) electrons. The first-order valence-electron chi connectivity index (χ1n) is 5.61. The summed E-state index contributed by atoms with van der Waals surface area (Å²) < 4.78 is 10.7. The molecule has 1 unspecified atom stereocenters. The molecule has 9 nitrogen and oxygen atoms in total. The summed E-state index contributed by atoms with van der Waals surface area (Å²) in [6.45, 7) is 1.83. The average Bonchev–Trinajstić information content (AvgIpc) is 2.89. The predicted octanol–water partition coefficient (Wildman–Crippen LogP) is -0.422. The van der Waals surface area contributed by atoms with Gasteiger partial charge >= 0.3 is 11.9 Å². The van der Waals surface area contributed by atoms with E-state index in [4.69, 9.17) is 34.7 Å². The van der Waals surface area contributed by atoms with Gasteiger partial charge in [-0.25, -0.2) is 9.59 Å². The van der Waals surface area contributed by atoms with Crippen LogP contribution >= 0.6 is 0 Å². The van der Waals surface area contributed by atoms with Gasteiger partial charge in [-0.3, -0.25) is 0 Å². The number of carbonyl (C=O) groups is 2. The van der Waals surface area contributed by atoms with Crippen molar-refractivity contribution in [1.29, 1.82) is 0 Å². The zero-order valence-electron chi connectivity index (χ0n) is 10.1. The lowest BCUT2D eigenvalue weighted by Gasteiger charge is -2.18. The summed E-state index contributed by atoms with van der Waals surface area (Å²) in [4.78, 5) is 18.2. The molecule has 9 heteroatoms. The van der Waals surface area contributed by atoms with Crippen molar-refractivity contribution >= 4 is 11.9 Å². The quantitative estimate of drug-likeness (QED) is 0.610. The summed E-state index contributed by atoms with van der Waals surface area (Å²) in [6, 6.07) is 0. The van der Waals surface area contributed by atoms with Gasteiger partial charge in [0.25, 0.3) is 0 Å². The minimum atomic E-state index is -1.82. The van der Waals surface area contributed by atoms with E-state index in [1.165, 1.54) is 0 Å². The molecule has 4 N–H and O–H groups in total. The number of rotatable bonds is 2. The van der Waals surface area contributed by atoms with E-state index < -0.39 is 11.9 Å². The van der Waals surface area contributed by atoms with Gasteiger partial charge in [0, 0.05) is 6.61 Å². The topological polar surface area (TPSA) is 149 Å². The molecule has 1 atom stereocenters. The highest BCUT2D eigenvalue weighted by atomic mass is 16.5. The lowest BCUT2D eigenvalue weighted by Crippen LogP contribution is -2.15. The van der Waals surface area contributed by atoms with Crippen LogP contribution in [0.15, 0.2) is 4.42 Å². The van der Waals surface area contributed by atoms with Crippen molar-refractivity contribution in [2.24, 2.45) is 5.73 Å². The SMILES string of the molecule is NCc1nnc(C2CCCOC2)o1.O=C(O)C(=O)O. The van der Waals surface area contributed by atoms with Crippen molar-refractivity contribution in [2.75, 3.05) is 13.2 Å². The summed E-state index contributed by atoms with van der Waals surface area (Å²) in [5, 5.41) is 22.5. The molecule has 0 aromatic carbocycles. The van der Waals surface area contributed by atoms with Crippen LogP contribution < -0.4 is 5.73 Å². The highest BCUT2D eigenvalue weighted by Crippen LogP contribution is 2.23. The second-order valence-corrected chi connectivity index (χ2v) is 3.76. The van der Waals surface area contributed by atoms with Crippen LogP contribution in [0.2, 0.25) is 0 Å². The molecule has 1 aromatic rings. The van der Waals surface area contributed by atoms with Gasteiger partial charge in [0.05, 0.1) is 19.1 Å². The molecule has 2 heterocycles. The summed E-state index contributed by atoms with van der Waals surface area (Å²) in [5.41, 5.74) is 5.37. The van der Waals surface area contributed by atoms with Crippen molar-refractivity contribution in [3.8, 4) is 0 Å². The first-order valence-corrected chi connectivity index (χ1v) is 5.61. The van der Waals surface area contributed by atoms with Gasteiger partial charge in [-0.05, 0) is 12.8 Å². The fourth-order valence-corrected chi connectivity index (χ4v) is 1.45. The van der Waals surface area contributed by atoms with Gasteiger partial charge in [0.1, 0.15) is 0 Å². The molecule has 2 rings (SSSR count). The first-order chi connectivity index (χ1) is 9.04. The highest BCUT2D eigenvalue weighted by Gasteiger charge is 2.21. The fraction of sp³-hybridized carbons (Fsp3) is 0.600. The Morgan fingerprint density at radius 1 is 1.32 bits per heavy atom. The van der Waals surface area contributed by atoms with Crippen LogP contribution in [-0.4, -0.2) is 45.6 Å². The molecule has 1 aromatic heterocycles. The second kappa shape index (κ2) is 7.44. The Labute approximate surface area is 108 Å². The van der Waals surface area contributed by atoms with E-state index >= 15 is 0 Å². The average molecular weight is 273 g/mol. The third-order valence-corrected chi connectivity index (χ3v) is 2.35. The van der Waals surface area contributed by atoms with Crippen molar-refractivity contribution in [3.05, 3.63) is 11.8 Å². The minimum absolute atomic E-state index is 0.265. The zero-order chi connectivity index (χ0) is 14.3. The molecule has 0 aliphatic carbocycles. The number of hydrogen-bond acceptors (Lipinski definition) is 7. The lowest BCUT2D eigenvalue weighted by atomic mass is 10.0. The van der Waals surface area contributed by atoms with Crippen LogP contribution in [-0.2, 0) is 20.9 Å². The largest absolute Gasteiger partial charge is 0.473 e. The van der Waals surface area contributed by atoms with Crippen molar-refractivity contribution < 1.29 is 29.0 Å². The Balaban J connectivity index is 0.000000258. The van der Waals surface area contributed by atoms with Gasteiger partial charge < -0.3 is 25.1 Å². The van der Waals surface area contributed by atoms with Gasteiger partial charge in [-0.2, -0.15) is 0 Å². The monoisotopic (exact) mass is 273 g/mol. The van der Waals surface area contributed by atoms with Crippen LogP contribution in [0.4, 0.5) is 0 Å². The number of aromatic nitrogens is 2. The van der Waals surface area contributed by atoms with Crippen LogP contribution in [0.3, 0.4) is 0 Å². The minimum Gasteiger partial charge on any atom is -0.473 e. The smallest absolute Gasteiger partial charge is 0.414 e. The van der Waals surface area contributed by atoms with E-state index in [1.54, 1.807) is 0 Å². The summed E-state index contributed by atoms with van der Waals surface area (Å²) in [6.07, 6.45) is 2.12. The standard InChI is InChI=1S/C8H13N3O2.C2H2O4/c9-4-7-10-11-8(13-7)6-2-1-3-12-5-6;3-1(4)2(5)6/h6H,1-5,9H2;(H,3,4)(H,5,6).